The molecule has 0 heterocycles. The number of fused-ring (bicyclic) bond motifs is 7. The van der Waals surface area contributed by atoms with Gasteiger partial charge in [-0.15, -0.1) is 0 Å². The van der Waals surface area contributed by atoms with E-state index in [9.17, 15) is 35.1 Å². The van der Waals surface area contributed by atoms with Crippen molar-refractivity contribution >= 4 is 11.9 Å². The predicted octanol–water partition coefficient (Wildman–Crippen LogP) is 4.24. The van der Waals surface area contributed by atoms with E-state index in [0.717, 1.165) is 12.8 Å². The van der Waals surface area contributed by atoms with Gasteiger partial charge in [0.05, 0.1) is 28.6 Å². The van der Waals surface area contributed by atoms with Crippen molar-refractivity contribution in [2.75, 3.05) is 0 Å². The molecule has 5 N–H and O–H groups in total. The van der Waals surface area contributed by atoms with Gasteiger partial charge in [0.15, 0.2) is 0 Å². The zero-order valence-corrected chi connectivity index (χ0v) is 23.3. The number of hydrogen-bond acceptors (Lipinski definition) is 5. The highest BCUT2D eigenvalue weighted by Crippen LogP contribution is 2.76. The summed E-state index contributed by atoms with van der Waals surface area (Å²) in [4.78, 5) is 25.4. The van der Waals surface area contributed by atoms with Crippen molar-refractivity contribution in [3.05, 3.63) is 11.6 Å². The molecular formula is C30H46O7. The molecule has 12 atom stereocenters. The first kappa shape index (κ1) is 27.1. The molecule has 0 aliphatic heterocycles. The van der Waals surface area contributed by atoms with Crippen LogP contribution in [0.2, 0.25) is 0 Å². The smallest absolute Gasteiger partial charge is 0.312 e. The van der Waals surface area contributed by atoms with Gasteiger partial charge in [-0.2, -0.15) is 0 Å². The molecule has 4 fully saturated rings. The minimum absolute atomic E-state index is 0.0880. The van der Waals surface area contributed by atoms with Gasteiger partial charge in [0.25, 0.3) is 0 Å². The van der Waals surface area contributed by atoms with E-state index in [2.05, 4.69) is 26.8 Å². The summed E-state index contributed by atoms with van der Waals surface area (Å²) < 4.78 is 0. The normalized spacial score (nSPS) is 57.2. The SMILES string of the molecule is C[C@@H]1[C@H]2C3=CC[C@@H]4[C@@]5(C)C[C@@H](O)[C@H](O)[C@](C)(C(=O)O)[C@H]5CC[C@@]4(C)[C@]3(C)CC[C@@]2(C(=O)O)CC[C@]1(C)O. The molecule has 37 heavy (non-hydrogen) atoms. The first-order chi connectivity index (χ1) is 16.9. The number of rotatable bonds is 2. The Kier molecular flexibility index (Phi) is 5.73. The first-order valence-electron chi connectivity index (χ1n) is 14.2. The molecular weight excluding hydrogens is 472 g/mol. The van der Waals surface area contributed by atoms with Gasteiger partial charge in [0.1, 0.15) is 0 Å². The van der Waals surface area contributed by atoms with Crippen molar-refractivity contribution in [2.24, 2.45) is 50.7 Å². The highest BCUT2D eigenvalue weighted by molar-refractivity contribution is 5.77. The molecule has 5 rings (SSSR count). The molecule has 0 aromatic rings. The number of allylic oxidation sites excluding steroid dienone is 2. The standard InChI is InChI=1S/C30H46O7/c1-16-21-17-7-8-19-25(2)15-18(31)22(32)29(6,23(33)34)20(25)9-10-27(19,4)26(17,3)11-13-30(21,24(35)36)14-12-28(16,5)37/h7,16,18-22,31-32,37H,8-15H2,1-6H3,(H,33,34)(H,35,36)/t16-,18-,19-,20+,21+,22+,25-,26-,27-,28+,29-,30-/m1/s1. The van der Waals surface area contributed by atoms with E-state index in [0.29, 0.717) is 38.5 Å². The second-order valence-corrected chi connectivity index (χ2v) is 14.7. The minimum atomic E-state index is -1.43. The number of carboxylic acids is 2. The highest BCUT2D eigenvalue weighted by atomic mass is 16.4. The number of aliphatic hydroxyl groups is 3. The van der Waals surface area contributed by atoms with Crippen LogP contribution in [0.15, 0.2) is 11.6 Å². The molecule has 0 aromatic heterocycles. The molecule has 5 aliphatic carbocycles. The first-order valence-corrected chi connectivity index (χ1v) is 14.2. The van der Waals surface area contributed by atoms with Gasteiger partial charge in [-0.1, -0.05) is 39.3 Å². The quantitative estimate of drug-likeness (QED) is 0.345. The summed E-state index contributed by atoms with van der Waals surface area (Å²) in [7, 11) is 0. The molecule has 208 valence electrons. The number of hydrogen-bond donors (Lipinski definition) is 5. The van der Waals surface area contributed by atoms with Crippen LogP contribution >= 0.6 is 0 Å². The fourth-order valence-electron chi connectivity index (χ4n) is 10.9. The Labute approximate surface area is 220 Å². The molecule has 7 nitrogen and oxygen atoms in total. The average Bonchev–Trinajstić information content (AvgIpc) is 2.80. The van der Waals surface area contributed by atoms with Crippen LogP contribution in [0.25, 0.3) is 0 Å². The molecule has 0 unspecified atom stereocenters. The van der Waals surface area contributed by atoms with Crippen LogP contribution in [-0.4, -0.2) is 55.3 Å². The third-order valence-electron chi connectivity index (χ3n) is 13.6. The molecule has 0 spiro atoms. The highest BCUT2D eigenvalue weighted by Gasteiger charge is 2.72. The lowest BCUT2D eigenvalue weighted by Crippen LogP contribution is -2.69. The second kappa shape index (κ2) is 7.82. The average molecular weight is 519 g/mol. The van der Waals surface area contributed by atoms with E-state index in [4.69, 9.17) is 0 Å². The second-order valence-electron chi connectivity index (χ2n) is 14.7. The van der Waals surface area contributed by atoms with Crippen molar-refractivity contribution < 1.29 is 35.1 Å². The molecule has 0 aromatic carbocycles. The van der Waals surface area contributed by atoms with Gasteiger partial charge in [0.2, 0.25) is 0 Å². The summed E-state index contributed by atoms with van der Waals surface area (Å²) in [6.45, 7) is 12.2. The molecule has 7 heteroatoms. The van der Waals surface area contributed by atoms with Crippen LogP contribution < -0.4 is 0 Å². The Morgan fingerprint density at radius 2 is 1.51 bits per heavy atom. The van der Waals surface area contributed by atoms with E-state index in [-0.39, 0.29) is 34.5 Å². The van der Waals surface area contributed by atoms with Crippen LogP contribution in [0.5, 0.6) is 0 Å². The number of aliphatic hydroxyl groups excluding tert-OH is 2. The molecule has 0 saturated heterocycles. The molecule has 5 aliphatic rings. The predicted molar refractivity (Wildman–Crippen MR) is 137 cm³/mol. The Bertz CT molecular complexity index is 1050. The summed E-state index contributed by atoms with van der Waals surface area (Å²) in [6, 6.07) is 0. The van der Waals surface area contributed by atoms with Crippen LogP contribution in [0, 0.1) is 50.7 Å². The lowest BCUT2D eigenvalue weighted by Gasteiger charge is -2.71. The largest absolute Gasteiger partial charge is 0.481 e. The van der Waals surface area contributed by atoms with Crippen molar-refractivity contribution in [1.29, 1.82) is 0 Å². The van der Waals surface area contributed by atoms with E-state index >= 15 is 0 Å². The number of carbonyl (C=O) groups is 2. The Morgan fingerprint density at radius 3 is 2.11 bits per heavy atom. The summed E-state index contributed by atoms with van der Waals surface area (Å²) in [5.74, 6) is -2.45. The zero-order valence-electron chi connectivity index (χ0n) is 23.3. The van der Waals surface area contributed by atoms with Gasteiger partial charge in [0, 0.05) is 5.92 Å². The Hall–Kier alpha value is -1.44. The van der Waals surface area contributed by atoms with Gasteiger partial charge in [-0.3, -0.25) is 9.59 Å². The summed E-state index contributed by atoms with van der Waals surface area (Å²) in [5.41, 5.74) is -3.07. The van der Waals surface area contributed by atoms with Crippen molar-refractivity contribution in [3.8, 4) is 0 Å². The number of carboxylic acid groups (broad SMARTS) is 2. The summed E-state index contributed by atoms with van der Waals surface area (Å²) >= 11 is 0. The number of aliphatic carboxylic acids is 2. The molecule has 4 saturated carbocycles. The Morgan fingerprint density at radius 1 is 0.892 bits per heavy atom. The molecule has 0 amide bonds. The summed E-state index contributed by atoms with van der Waals surface area (Å²) in [6.07, 6.45) is 4.56. The van der Waals surface area contributed by atoms with Gasteiger partial charge < -0.3 is 25.5 Å². The van der Waals surface area contributed by atoms with Gasteiger partial charge in [-0.25, -0.2) is 0 Å². The van der Waals surface area contributed by atoms with Crippen LogP contribution in [0.1, 0.15) is 92.9 Å². The lowest BCUT2D eigenvalue weighted by atomic mass is 9.33. The zero-order chi connectivity index (χ0) is 27.6. The fourth-order valence-corrected chi connectivity index (χ4v) is 10.9. The third-order valence-corrected chi connectivity index (χ3v) is 13.6. The van der Waals surface area contributed by atoms with Gasteiger partial charge in [-0.05, 0) is 99.2 Å². The maximum atomic E-state index is 12.8. The van der Waals surface area contributed by atoms with Crippen LogP contribution in [0.4, 0.5) is 0 Å². The van der Waals surface area contributed by atoms with Crippen molar-refractivity contribution in [3.63, 3.8) is 0 Å². The summed E-state index contributed by atoms with van der Waals surface area (Å²) in [5, 5.41) is 53.9. The molecule has 0 bridgehead atoms. The lowest BCUT2D eigenvalue weighted by molar-refractivity contribution is -0.241. The van der Waals surface area contributed by atoms with E-state index < -0.39 is 46.0 Å². The van der Waals surface area contributed by atoms with Gasteiger partial charge >= 0.3 is 11.9 Å². The maximum Gasteiger partial charge on any atom is 0.312 e. The van der Waals surface area contributed by atoms with Crippen LogP contribution in [0.3, 0.4) is 0 Å². The van der Waals surface area contributed by atoms with E-state index in [1.165, 1.54) is 5.57 Å². The Balaban J connectivity index is 1.64. The van der Waals surface area contributed by atoms with E-state index in [1.54, 1.807) is 6.92 Å². The van der Waals surface area contributed by atoms with Crippen molar-refractivity contribution in [2.45, 2.75) is 111 Å². The third kappa shape index (κ3) is 3.05. The minimum Gasteiger partial charge on any atom is -0.481 e. The van der Waals surface area contributed by atoms with Crippen molar-refractivity contribution in [1.82, 2.24) is 0 Å². The maximum absolute atomic E-state index is 12.8. The monoisotopic (exact) mass is 518 g/mol. The topological polar surface area (TPSA) is 135 Å². The van der Waals surface area contributed by atoms with E-state index in [1.807, 2.05) is 13.8 Å². The molecule has 0 radical (unpaired) electrons. The van der Waals surface area contributed by atoms with Crippen LogP contribution in [-0.2, 0) is 9.59 Å². The fraction of sp³-hybridized carbons (Fsp3) is 0.867.